The fourth-order valence-corrected chi connectivity index (χ4v) is 3.66. The molecule has 6 nitrogen and oxygen atoms in total. The topological polar surface area (TPSA) is 78.2 Å². The second-order valence-electron chi connectivity index (χ2n) is 5.84. The van der Waals surface area contributed by atoms with Gasteiger partial charge in [0.25, 0.3) is 5.91 Å². The average Bonchev–Trinajstić information content (AvgIpc) is 3.04. The molecule has 0 saturated carbocycles. The van der Waals surface area contributed by atoms with E-state index in [1.165, 1.54) is 11.3 Å². The summed E-state index contributed by atoms with van der Waals surface area (Å²) in [4.78, 5) is 19.8. The summed E-state index contributed by atoms with van der Waals surface area (Å²) in [5.41, 5.74) is 2.16. The lowest BCUT2D eigenvalue weighted by Gasteiger charge is -2.26. The molecular formula is C18H20N4O2S. The average molecular weight is 356 g/mol. The monoisotopic (exact) mass is 356 g/mol. The van der Waals surface area contributed by atoms with Gasteiger partial charge < -0.3 is 10.1 Å². The first-order valence-electron chi connectivity index (χ1n) is 8.23. The third kappa shape index (κ3) is 4.42. The van der Waals surface area contributed by atoms with E-state index in [2.05, 4.69) is 21.3 Å². The summed E-state index contributed by atoms with van der Waals surface area (Å²) < 4.78 is 5.32. The van der Waals surface area contributed by atoms with Gasteiger partial charge in [-0.1, -0.05) is 12.1 Å². The standard InChI is InChI=1S/C18H20N4O2S/c1-13-16(17(23)20-5-6-22-7-9-24-10-8-22)25-18(21-13)15-4-2-3-14(11-15)12-19/h2-4,11H,5-10H2,1H3,(H,20,23). The van der Waals surface area contributed by atoms with Gasteiger partial charge in [-0.15, -0.1) is 11.3 Å². The van der Waals surface area contributed by atoms with Gasteiger partial charge in [0.2, 0.25) is 0 Å². The molecule has 1 fully saturated rings. The van der Waals surface area contributed by atoms with Gasteiger partial charge in [0, 0.05) is 31.7 Å². The molecule has 1 N–H and O–H groups in total. The molecule has 1 aromatic heterocycles. The van der Waals surface area contributed by atoms with Crippen LogP contribution in [0.15, 0.2) is 24.3 Å². The molecule has 0 aliphatic carbocycles. The molecule has 1 saturated heterocycles. The van der Waals surface area contributed by atoms with E-state index < -0.39 is 0 Å². The van der Waals surface area contributed by atoms with Crippen molar-refractivity contribution in [2.75, 3.05) is 39.4 Å². The van der Waals surface area contributed by atoms with Gasteiger partial charge >= 0.3 is 0 Å². The quantitative estimate of drug-likeness (QED) is 0.887. The lowest BCUT2D eigenvalue weighted by molar-refractivity contribution is 0.0383. The van der Waals surface area contributed by atoms with Crippen molar-refractivity contribution in [3.05, 3.63) is 40.4 Å². The molecule has 130 valence electrons. The summed E-state index contributed by atoms with van der Waals surface area (Å²) in [7, 11) is 0. The summed E-state index contributed by atoms with van der Waals surface area (Å²) in [5, 5.41) is 12.7. The van der Waals surface area contributed by atoms with Crippen LogP contribution in [0.4, 0.5) is 0 Å². The highest BCUT2D eigenvalue weighted by Crippen LogP contribution is 2.28. The van der Waals surface area contributed by atoms with Crippen LogP contribution in [-0.2, 0) is 4.74 Å². The Kier molecular flexibility index (Phi) is 5.76. The number of thiazole rings is 1. The molecule has 7 heteroatoms. The minimum atomic E-state index is -0.0917. The lowest BCUT2D eigenvalue weighted by atomic mass is 10.1. The number of hydrogen-bond donors (Lipinski definition) is 1. The summed E-state index contributed by atoms with van der Waals surface area (Å²) in [6.45, 7) is 6.61. The number of carbonyl (C=O) groups is 1. The number of amides is 1. The molecular weight excluding hydrogens is 336 g/mol. The van der Waals surface area contributed by atoms with Gasteiger partial charge in [0.15, 0.2) is 0 Å². The molecule has 2 aromatic rings. The van der Waals surface area contributed by atoms with Crippen LogP contribution < -0.4 is 5.32 Å². The number of rotatable bonds is 5. The summed E-state index contributed by atoms with van der Waals surface area (Å²) >= 11 is 1.36. The Morgan fingerprint density at radius 2 is 2.24 bits per heavy atom. The van der Waals surface area contributed by atoms with Gasteiger partial charge in [-0.3, -0.25) is 9.69 Å². The zero-order chi connectivity index (χ0) is 17.6. The predicted molar refractivity (Wildman–Crippen MR) is 96.6 cm³/mol. The molecule has 3 rings (SSSR count). The fraction of sp³-hybridized carbons (Fsp3) is 0.389. The number of benzene rings is 1. The third-order valence-electron chi connectivity index (χ3n) is 4.06. The number of morpholine rings is 1. The van der Waals surface area contributed by atoms with Gasteiger partial charge in [-0.05, 0) is 19.1 Å². The third-order valence-corrected chi connectivity index (χ3v) is 5.26. The smallest absolute Gasteiger partial charge is 0.263 e. The molecule has 0 spiro atoms. The van der Waals surface area contributed by atoms with Crippen molar-refractivity contribution < 1.29 is 9.53 Å². The number of aryl methyl sites for hydroxylation is 1. The van der Waals surface area contributed by atoms with Crippen LogP contribution in [0.25, 0.3) is 10.6 Å². The van der Waals surface area contributed by atoms with E-state index in [-0.39, 0.29) is 5.91 Å². The highest BCUT2D eigenvalue weighted by molar-refractivity contribution is 7.17. The maximum Gasteiger partial charge on any atom is 0.263 e. The van der Waals surface area contributed by atoms with Crippen molar-refractivity contribution in [3.63, 3.8) is 0 Å². The van der Waals surface area contributed by atoms with Gasteiger partial charge in [-0.25, -0.2) is 4.98 Å². The lowest BCUT2D eigenvalue weighted by Crippen LogP contribution is -2.41. The van der Waals surface area contributed by atoms with Crippen LogP contribution in [0, 0.1) is 18.3 Å². The van der Waals surface area contributed by atoms with E-state index in [1.807, 2.05) is 19.1 Å². The van der Waals surface area contributed by atoms with Crippen LogP contribution in [0.5, 0.6) is 0 Å². The molecule has 25 heavy (non-hydrogen) atoms. The molecule has 0 bridgehead atoms. The molecule has 0 unspecified atom stereocenters. The van der Waals surface area contributed by atoms with Crippen LogP contribution in [0.3, 0.4) is 0 Å². The number of nitrogens with one attached hydrogen (secondary N) is 1. The fourth-order valence-electron chi connectivity index (χ4n) is 2.68. The summed E-state index contributed by atoms with van der Waals surface area (Å²) in [5.74, 6) is -0.0917. The number of hydrogen-bond acceptors (Lipinski definition) is 6. The zero-order valence-corrected chi connectivity index (χ0v) is 14.9. The maximum absolute atomic E-state index is 12.4. The van der Waals surface area contributed by atoms with Crippen LogP contribution in [0.2, 0.25) is 0 Å². The number of nitriles is 1. The van der Waals surface area contributed by atoms with E-state index >= 15 is 0 Å². The molecule has 0 radical (unpaired) electrons. The van der Waals surface area contributed by atoms with Gasteiger partial charge in [0.05, 0.1) is 30.5 Å². The normalized spacial score (nSPS) is 14.9. The van der Waals surface area contributed by atoms with E-state index in [0.29, 0.717) is 22.7 Å². The second-order valence-corrected chi connectivity index (χ2v) is 6.84. The van der Waals surface area contributed by atoms with E-state index in [1.54, 1.807) is 12.1 Å². The van der Waals surface area contributed by atoms with Gasteiger partial charge in [-0.2, -0.15) is 5.26 Å². The first kappa shape index (κ1) is 17.5. The van der Waals surface area contributed by atoms with E-state index in [9.17, 15) is 4.79 Å². The Bertz CT molecular complexity index is 791. The van der Waals surface area contributed by atoms with Gasteiger partial charge in [0.1, 0.15) is 9.88 Å². The Hall–Kier alpha value is -2.27. The first-order valence-corrected chi connectivity index (χ1v) is 9.05. The minimum Gasteiger partial charge on any atom is -0.379 e. The Balaban J connectivity index is 1.63. The van der Waals surface area contributed by atoms with Crippen molar-refractivity contribution in [1.82, 2.24) is 15.2 Å². The number of ether oxygens (including phenoxy) is 1. The van der Waals surface area contributed by atoms with Crippen LogP contribution >= 0.6 is 11.3 Å². The largest absolute Gasteiger partial charge is 0.379 e. The molecule has 1 aromatic carbocycles. The number of aromatic nitrogens is 1. The summed E-state index contributed by atoms with van der Waals surface area (Å²) in [6.07, 6.45) is 0. The van der Waals surface area contributed by atoms with E-state index in [4.69, 9.17) is 10.00 Å². The van der Waals surface area contributed by atoms with Crippen molar-refractivity contribution in [2.45, 2.75) is 6.92 Å². The Morgan fingerprint density at radius 3 is 3.00 bits per heavy atom. The van der Waals surface area contributed by atoms with Crippen LogP contribution in [0.1, 0.15) is 20.9 Å². The SMILES string of the molecule is Cc1nc(-c2cccc(C#N)c2)sc1C(=O)NCCN1CCOCC1. The molecule has 1 amide bonds. The molecule has 1 aliphatic heterocycles. The van der Waals surface area contributed by atoms with Crippen LogP contribution in [-0.4, -0.2) is 55.2 Å². The second kappa shape index (κ2) is 8.21. The number of nitrogens with zero attached hydrogens (tertiary/aromatic N) is 3. The first-order chi connectivity index (χ1) is 12.2. The van der Waals surface area contributed by atoms with Crippen molar-refractivity contribution in [2.24, 2.45) is 0 Å². The minimum absolute atomic E-state index is 0.0917. The van der Waals surface area contributed by atoms with Crippen molar-refractivity contribution >= 4 is 17.2 Å². The highest BCUT2D eigenvalue weighted by Gasteiger charge is 2.17. The summed E-state index contributed by atoms with van der Waals surface area (Å²) in [6, 6.07) is 9.40. The van der Waals surface area contributed by atoms with E-state index in [0.717, 1.165) is 43.4 Å². The predicted octanol–water partition coefficient (Wildman–Crippen LogP) is 2.05. The highest BCUT2D eigenvalue weighted by atomic mass is 32.1. The van der Waals surface area contributed by atoms with Crippen molar-refractivity contribution in [3.8, 4) is 16.6 Å². The Morgan fingerprint density at radius 1 is 1.44 bits per heavy atom. The molecule has 0 atom stereocenters. The zero-order valence-electron chi connectivity index (χ0n) is 14.1. The maximum atomic E-state index is 12.4. The Labute approximate surface area is 151 Å². The van der Waals surface area contributed by atoms with Crippen molar-refractivity contribution in [1.29, 1.82) is 5.26 Å². The molecule has 2 heterocycles. The number of carbonyl (C=O) groups excluding carboxylic acids is 1. The molecule has 1 aliphatic rings.